The van der Waals surface area contributed by atoms with Crippen LogP contribution in [0.4, 0.5) is 5.69 Å². The summed E-state index contributed by atoms with van der Waals surface area (Å²) in [6.07, 6.45) is 4.01. The molecular formula is C21H23BrN2O3S. The number of carbonyl (C=O) groups excluding carboxylic acids is 2. The van der Waals surface area contributed by atoms with Gasteiger partial charge in [0.1, 0.15) is 0 Å². The molecule has 0 bridgehead atoms. The van der Waals surface area contributed by atoms with Gasteiger partial charge < -0.3 is 15.4 Å². The SMILES string of the molecule is CCOC(=O)CCC1=CCC(c2ccc(Br)s2)N1c1ccc(C(N)=O)cc1C. The van der Waals surface area contributed by atoms with E-state index >= 15 is 0 Å². The molecule has 1 aromatic carbocycles. The molecule has 1 unspecified atom stereocenters. The summed E-state index contributed by atoms with van der Waals surface area (Å²) in [7, 11) is 0. The number of carbonyl (C=O) groups is 2. The number of amides is 1. The number of hydrogen-bond donors (Lipinski definition) is 1. The Kier molecular flexibility index (Phi) is 6.57. The summed E-state index contributed by atoms with van der Waals surface area (Å²) >= 11 is 5.26. The number of hydrogen-bond acceptors (Lipinski definition) is 5. The molecule has 0 radical (unpaired) electrons. The summed E-state index contributed by atoms with van der Waals surface area (Å²) < 4.78 is 6.17. The van der Waals surface area contributed by atoms with Crippen molar-refractivity contribution in [2.45, 2.75) is 39.2 Å². The molecular weight excluding hydrogens is 440 g/mol. The molecule has 1 aliphatic rings. The zero-order valence-corrected chi connectivity index (χ0v) is 18.3. The zero-order chi connectivity index (χ0) is 20.3. The van der Waals surface area contributed by atoms with Crippen LogP contribution in [0, 0.1) is 6.92 Å². The van der Waals surface area contributed by atoms with E-state index in [0.717, 1.165) is 27.2 Å². The maximum atomic E-state index is 11.9. The van der Waals surface area contributed by atoms with E-state index in [-0.39, 0.29) is 12.0 Å². The predicted molar refractivity (Wildman–Crippen MR) is 116 cm³/mol. The Morgan fingerprint density at radius 1 is 1.32 bits per heavy atom. The second-order valence-electron chi connectivity index (χ2n) is 6.63. The number of allylic oxidation sites excluding steroid dienone is 1. The molecule has 1 aliphatic heterocycles. The van der Waals surface area contributed by atoms with Crippen molar-refractivity contribution in [3.8, 4) is 0 Å². The van der Waals surface area contributed by atoms with Gasteiger partial charge in [0.25, 0.3) is 0 Å². The van der Waals surface area contributed by atoms with Crippen molar-refractivity contribution in [3.63, 3.8) is 0 Å². The molecule has 0 saturated heterocycles. The van der Waals surface area contributed by atoms with Crippen LogP contribution in [0.2, 0.25) is 0 Å². The number of esters is 1. The average Bonchev–Trinajstić information content (AvgIpc) is 3.26. The summed E-state index contributed by atoms with van der Waals surface area (Å²) in [4.78, 5) is 26.9. The minimum atomic E-state index is -0.437. The number of primary amides is 1. The molecule has 0 saturated carbocycles. The molecule has 3 rings (SSSR count). The van der Waals surface area contributed by atoms with Crippen molar-refractivity contribution in [2.75, 3.05) is 11.5 Å². The van der Waals surface area contributed by atoms with Crippen LogP contribution in [0.1, 0.15) is 53.0 Å². The number of nitrogens with two attached hydrogens (primary N) is 1. The molecule has 28 heavy (non-hydrogen) atoms. The Morgan fingerprint density at radius 2 is 2.11 bits per heavy atom. The van der Waals surface area contributed by atoms with Crippen LogP contribution in [-0.4, -0.2) is 18.5 Å². The molecule has 1 aromatic heterocycles. The van der Waals surface area contributed by atoms with Gasteiger partial charge in [0.2, 0.25) is 5.91 Å². The lowest BCUT2D eigenvalue weighted by atomic mass is 10.1. The van der Waals surface area contributed by atoms with E-state index in [1.807, 2.05) is 26.0 Å². The van der Waals surface area contributed by atoms with Gasteiger partial charge in [-0.15, -0.1) is 11.3 Å². The number of halogens is 1. The van der Waals surface area contributed by atoms with Crippen molar-refractivity contribution in [3.05, 3.63) is 61.9 Å². The second-order valence-corrected chi connectivity index (χ2v) is 9.12. The van der Waals surface area contributed by atoms with E-state index < -0.39 is 5.91 Å². The Bertz CT molecular complexity index is 922. The number of benzene rings is 1. The van der Waals surface area contributed by atoms with Gasteiger partial charge in [-0.25, -0.2) is 0 Å². The minimum absolute atomic E-state index is 0.159. The van der Waals surface area contributed by atoms with Crippen LogP contribution < -0.4 is 10.6 Å². The lowest BCUT2D eigenvalue weighted by molar-refractivity contribution is -0.143. The molecule has 148 valence electrons. The Morgan fingerprint density at radius 3 is 2.71 bits per heavy atom. The van der Waals surface area contributed by atoms with Crippen molar-refractivity contribution >= 4 is 44.8 Å². The van der Waals surface area contributed by atoms with E-state index in [4.69, 9.17) is 10.5 Å². The number of thiophene rings is 1. The van der Waals surface area contributed by atoms with Crippen LogP contribution >= 0.6 is 27.3 Å². The quantitative estimate of drug-likeness (QED) is 0.581. The summed E-state index contributed by atoms with van der Waals surface area (Å²) in [5.74, 6) is -0.626. The normalized spacial score (nSPS) is 16.2. The standard InChI is InChI=1S/C21H23BrN2O3S/c1-3-27-20(25)11-6-15-5-8-17(18-9-10-19(22)28-18)24(15)16-7-4-14(21(23)26)12-13(16)2/h4-5,7,9-10,12,17H,3,6,8,11H2,1-2H3,(H2,23,26). The van der Waals surface area contributed by atoms with Gasteiger partial charge in [0.05, 0.1) is 22.9 Å². The summed E-state index contributed by atoms with van der Waals surface area (Å²) in [5.41, 5.74) is 9.01. The number of ether oxygens (including phenoxy) is 1. The number of anilines is 1. The molecule has 2 aromatic rings. The molecule has 1 amide bonds. The number of rotatable bonds is 7. The predicted octanol–water partition coefficient (Wildman–Crippen LogP) is 5.10. The third-order valence-corrected chi connectivity index (χ3v) is 6.48. The highest BCUT2D eigenvalue weighted by Gasteiger charge is 2.31. The van der Waals surface area contributed by atoms with Gasteiger partial charge >= 0.3 is 5.97 Å². The van der Waals surface area contributed by atoms with Crippen LogP contribution in [-0.2, 0) is 9.53 Å². The largest absolute Gasteiger partial charge is 0.466 e. The Labute approximate surface area is 177 Å². The molecule has 5 nitrogen and oxygen atoms in total. The summed E-state index contributed by atoms with van der Waals surface area (Å²) in [5, 5.41) is 0. The van der Waals surface area contributed by atoms with E-state index in [9.17, 15) is 9.59 Å². The second kappa shape index (κ2) is 8.92. The van der Waals surface area contributed by atoms with Crippen LogP contribution in [0.25, 0.3) is 0 Å². The van der Waals surface area contributed by atoms with Crippen LogP contribution in [0.15, 0.2) is 45.9 Å². The number of aryl methyl sites for hydroxylation is 1. The zero-order valence-electron chi connectivity index (χ0n) is 15.9. The lowest BCUT2D eigenvalue weighted by Gasteiger charge is -2.31. The van der Waals surface area contributed by atoms with Gasteiger partial charge in [-0.1, -0.05) is 6.08 Å². The minimum Gasteiger partial charge on any atom is -0.466 e. The first-order valence-electron chi connectivity index (χ1n) is 9.20. The molecule has 0 fully saturated rings. The van der Waals surface area contributed by atoms with Crippen LogP contribution in [0.3, 0.4) is 0 Å². The van der Waals surface area contributed by atoms with Crippen molar-refractivity contribution in [1.82, 2.24) is 0 Å². The van der Waals surface area contributed by atoms with E-state index in [1.54, 1.807) is 17.4 Å². The Hall–Kier alpha value is -2.12. The van der Waals surface area contributed by atoms with Gasteiger partial charge in [-0.3, -0.25) is 9.59 Å². The van der Waals surface area contributed by atoms with Gasteiger partial charge in [0.15, 0.2) is 0 Å². The molecule has 2 heterocycles. The first kappa shape index (κ1) is 20.6. The molecule has 0 spiro atoms. The van der Waals surface area contributed by atoms with E-state index in [0.29, 0.717) is 25.0 Å². The van der Waals surface area contributed by atoms with Crippen molar-refractivity contribution in [2.24, 2.45) is 5.73 Å². The Balaban J connectivity index is 1.92. The highest BCUT2D eigenvalue weighted by Crippen LogP contribution is 2.44. The van der Waals surface area contributed by atoms with Crippen molar-refractivity contribution in [1.29, 1.82) is 0 Å². The number of nitrogens with zero attached hydrogens (tertiary/aromatic N) is 1. The highest BCUT2D eigenvalue weighted by atomic mass is 79.9. The maximum absolute atomic E-state index is 11.9. The highest BCUT2D eigenvalue weighted by molar-refractivity contribution is 9.11. The topological polar surface area (TPSA) is 72.6 Å². The van der Waals surface area contributed by atoms with E-state index in [2.05, 4.69) is 39.0 Å². The van der Waals surface area contributed by atoms with Gasteiger partial charge in [-0.2, -0.15) is 0 Å². The monoisotopic (exact) mass is 462 g/mol. The van der Waals surface area contributed by atoms with Crippen molar-refractivity contribution < 1.29 is 14.3 Å². The first-order chi connectivity index (χ1) is 13.4. The average molecular weight is 463 g/mol. The summed E-state index contributed by atoms with van der Waals surface area (Å²) in [6.45, 7) is 4.18. The molecule has 1 atom stereocenters. The van der Waals surface area contributed by atoms with E-state index in [1.165, 1.54) is 4.88 Å². The van der Waals surface area contributed by atoms with Gasteiger partial charge in [-0.05, 0) is 78.5 Å². The summed E-state index contributed by atoms with van der Waals surface area (Å²) in [6, 6.07) is 9.86. The van der Waals surface area contributed by atoms with Crippen LogP contribution in [0.5, 0.6) is 0 Å². The fourth-order valence-electron chi connectivity index (χ4n) is 3.49. The third-order valence-electron chi connectivity index (χ3n) is 4.75. The fourth-order valence-corrected chi connectivity index (χ4v) is 5.02. The lowest BCUT2D eigenvalue weighted by Crippen LogP contribution is -2.24. The maximum Gasteiger partial charge on any atom is 0.306 e. The first-order valence-corrected chi connectivity index (χ1v) is 10.8. The smallest absolute Gasteiger partial charge is 0.306 e. The molecule has 0 aliphatic carbocycles. The molecule has 7 heteroatoms. The van der Waals surface area contributed by atoms with Gasteiger partial charge in [0, 0.05) is 21.8 Å². The molecule has 2 N–H and O–H groups in total. The fraction of sp³-hybridized carbons (Fsp3) is 0.333. The third kappa shape index (κ3) is 4.47.